The average Bonchev–Trinajstić information content (AvgIpc) is 2.04. The van der Waals surface area contributed by atoms with Gasteiger partial charge in [-0.25, -0.2) is 0 Å². The van der Waals surface area contributed by atoms with E-state index in [1.54, 1.807) is 6.20 Å². The van der Waals surface area contributed by atoms with Crippen molar-refractivity contribution in [2.45, 2.75) is 20.0 Å². The van der Waals surface area contributed by atoms with Crippen LogP contribution in [0, 0.1) is 5.92 Å². The number of halogens is 1. The first-order chi connectivity index (χ1) is 5.61. The van der Waals surface area contributed by atoms with Crippen molar-refractivity contribution in [1.82, 2.24) is 4.98 Å². The molecule has 0 aromatic carbocycles. The fourth-order valence-electron chi connectivity index (χ4n) is 0.904. The Kier molecular flexibility index (Phi) is 3.23. The summed E-state index contributed by atoms with van der Waals surface area (Å²) in [6, 6.07) is 3.71. The van der Waals surface area contributed by atoms with Crippen LogP contribution >= 0.6 is 15.9 Å². The number of hydrogen-bond donors (Lipinski definition) is 1. The number of aliphatic hydroxyl groups excluding tert-OH is 1. The van der Waals surface area contributed by atoms with E-state index in [2.05, 4.69) is 20.9 Å². The molecule has 1 N–H and O–H groups in total. The molecule has 1 atom stereocenters. The first kappa shape index (κ1) is 9.68. The lowest BCUT2D eigenvalue weighted by Crippen LogP contribution is -2.06. The third-order valence-electron chi connectivity index (χ3n) is 1.68. The molecule has 0 spiro atoms. The summed E-state index contributed by atoms with van der Waals surface area (Å²) in [6.45, 7) is 3.93. The quantitative estimate of drug-likeness (QED) is 0.846. The Labute approximate surface area is 80.8 Å². The molecule has 0 aliphatic rings. The van der Waals surface area contributed by atoms with Gasteiger partial charge in [0, 0.05) is 10.7 Å². The maximum Gasteiger partial charge on any atom is 0.0982 e. The highest BCUT2D eigenvalue weighted by molar-refractivity contribution is 9.10. The van der Waals surface area contributed by atoms with E-state index in [9.17, 15) is 5.11 Å². The van der Waals surface area contributed by atoms with E-state index in [0.717, 1.165) is 10.2 Å². The molecule has 0 saturated heterocycles. The van der Waals surface area contributed by atoms with E-state index in [-0.39, 0.29) is 5.92 Å². The molecular weight excluding hydrogens is 218 g/mol. The SMILES string of the molecule is CC(C)C(O)c1ccc(Br)cn1. The second-order valence-corrected chi connectivity index (χ2v) is 4.01. The molecule has 1 unspecified atom stereocenters. The summed E-state index contributed by atoms with van der Waals surface area (Å²) in [5, 5.41) is 9.61. The zero-order valence-corrected chi connectivity index (χ0v) is 8.75. The van der Waals surface area contributed by atoms with Crippen molar-refractivity contribution in [2.75, 3.05) is 0 Å². The Balaban J connectivity index is 2.82. The molecule has 3 heteroatoms. The summed E-state index contributed by atoms with van der Waals surface area (Å²) in [5.41, 5.74) is 0.730. The normalized spacial score (nSPS) is 13.4. The van der Waals surface area contributed by atoms with Gasteiger partial charge in [0.25, 0.3) is 0 Å². The predicted molar refractivity (Wildman–Crippen MR) is 51.7 cm³/mol. The molecule has 66 valence electrons. The molecule has 2 nitrogen and oxygen atoms in total. The van der Waals surface area contributed by atoms with Crippen LogP contribution in [-0.4, -0.2) is 10.1 Å². The van der Waals surface area contributed by atoms with Crippen molar-refractivity contribution in [3.8, 4) is 0 Å². The van der Waals surface area contributed by atoms with Gasteiger partial charge in [0.1, 0.15) is 0 Å². The van der Waals surface area contributed by atoms with Gasteiger partial charge in [-0.15, -0.1) is 0 Å². The lowest BCUT2D eigenvalue weighted by atomic mass is 10.0. The Morgan fingerprint density at radius 2 is 2.08 bits per heavy atom. The fraction of sp³-hybridized carbons (Fsp3) is 0.444. The molecule has 0 aliphatic carbocycles. The van der Waals surface area contributed by atoms with E-state index in [1.165, 1.54) is 0 Å². The molecule has 0 amide bonds. The van der Waals surface area contributed by atoms with Gasteiger partial charge >= 0.3 is 0 Å². The molecule has 12 heavy (non-hydrogen) atoms. The van der Waals surface area contributed by atoms with Crippen molar-refractivity contribution in [1.29, 1.82) is 0 Å². The Hall–Kier alpha value is -0.410. The number of nitrogens with zero attached hydrogens (tertiary/aromatic N) is 1. The van der Waals surface area contributed by atoms with Gasteiger partial charge in [-0.3, -0.25) is 4.98 Å². The number of rotatable bonds is 2. The van der Waals surface area contributed by atoms with E-state index in [1.807, 2.05) is 26.0 Å². The highest BCUT2D eigenvalue weighted by Gasteiger charge is 2.12. The summed E-state index contributed by atoms with van der Waals surface area (Å²) in [5.74, 6) is 0.207. The van der Waals surface area contributed by atoms with Gasteiger partial charge in [-0.05, 0) is 34.0 Å². The lowest BCUT2D eigenvalue weighted by Gasteiger charge is -2.13. The molecule has 0 fully saturated rings. The van der Waals surface area contributed by atoms with Crippen LogP contribution in [0.15, 0.2) is 22.8 Å². The average molecular weight is 230 g/mol. The minimum absolute atomic E-state index is 0.207. The predicted octanol–water partition coefficient (Wildman–Crippen LogP) is 2.53. The highest BCUT2D eigenvalue weighted by Crippen LogP contribution is 2.20. The fourth-order valence-corrected chi connectivity index (χ4v) is 1.14. The minimum Gasteiger partial charge on any atom is -0.387 e. The summed E-state index contributed by atoms with van der Waals surface area (Å²) >= 11 is 3.29. The molecule has 1 aromatic rings. The molecule has 1 heterocycles. The van der Waals surface area contributed by atoms with Crippen LogP contribution in [0.4, 0.5) is 0 Å². The smallest absolute Gasteiger partial charge is 0.0982 e. The number of hydrogen-bond acceptors (Lipinski definition) is 2. The van der Waals surface area contributed by atoms with E-state index in [4.69, 9.17) is 0 Å². The van der Waals surface area contributed by atoms with Crippen molar-refractivity contribution >= 4 is 15.9 Å². The van der Waals surface area contributed by atoms with E-state index >= 15 is 0 Å². The second-order valence-electron chi connectivity index (χ2n) is 3.09. The molecule has 1 rings (SSSR count). The standard InChI is InChI=1S/C9H12BrNO/c1-6(2)9(12)8-4-3-7(10)5-11-8/h3-6,9,12H,1-2H3. The lowest BCUT2D eigenvalue weighted by molar-refractivity contribution is 0.122. The molecule has 0 saturated carbocycles. The largest absolute Gasteiger partial charge is 0.387 e. The molecule has 0 bridgehead atoms. The van der Waals surface area contributed by atoms with Crippen LogP contribution in [0.1, 0.15) is 25.6 Å². The highest BCUT2D eigenvalue weighted by atomic mass is 79.9. The maximum atomic E-state index is 9.61. The zero-order chi connectivity index (χ0) is 9.14. The van der Waals surface area contributed by atoms with Crippen molar-refractivity contribution < 1.29 is 5.11 Å². The van der Waals surface area contributed by atoms with Crippen molar-refractivity contribution in [3.05, 3.63) is 28.5 Å². The third kappa shape index (κ3) is 2.29. The number of aromatic nitrogens is 1. The first-order valence-electron chi connectivity index (χ1n) is 3.91. The Bertz CT molecular complexity index is 245. The van der Waals surface area contributed by atoms with Gasteiger partial charge in [0.05, 0.1) is 11.8 Å². The van der Waals surface area contributed by atoms with Crippen LogP contribution in [0.25, 0.3) is 0 Å². The van der Waals surface area contributed by atoms with Crippen molar-refractivity contribution in [2.24, 2.45) is 5.92 Å². The summed E-state index contributed by atoms with van der Waals surface area (Å²) in [4.78, 5) is 4.10. The monoisotopic (exact) mass is 229 g/mol. The van der Waals surface area contributed by atoms with Crippen LogP contribution in [0.5, 0.6) is 0 Å². The zero-order valence-electron chi connectivity index (χ0n) is 7.16. The van der Waals surface area contributed by atoms with Gasteiger partial charge in [-0.1, -0.05) is 13.8 Å². The molecule has 1 aromatic heterocycles. The van der Waals surface area contributed by atoms with Crippen LogP contribution < -0.4 is 0 Å². The first-order valence-corrected chi connectivity index (χ1v) is 4.70. The summed E-state index contributed by atoms with van der Waals surface area (Å²) in [6.07, 6.45) is 1.24. The van der Waals surface area contributed by atoms with Crippen LogP contribution in [0.2, 0.25) is 0 Å². The Morgan fingerprint density at radius 3 is 2.50 bits per heavy atom. The number of pyridine rings is 1. The summed E-state index contributed by atoms with van der Waals surface area (Å²) in [7, 11) is 0. The maximum absolute atomic E-state index is 9.61. The van der Waals surface area contributed by atoms with Crippen LogP contribution in [-0.2, 0) is 0 Å². The van der Waals surface area contributed by atoms with Crippen molar-refractivity contribution in [3.63, 3.8) is 0 Å². The van der Waals surface area contributed by atoms with E-state index < -0.39 is 6.10 Å². The molecule has 0 radical (unpaired) electrons. The van der Waals surface area contributed by atoms with Gasteiger partial charge < -0.3 is 5.11 Å². The third-order valence-corrected chi connectivity index (χ3v) is 2.15. The van der Waals surface area contributed by atoms with Gasteiger partial charge in [0.2, 0.25) is 0 Å². The molecule has 0 aliphatic heterocycles. The van der Waals surface area contributed by atoms with Crippen LogP contribution in [0.3, 0.4) is 0 Å². The summed E-state index contributed by atoms with van der Waals surface area (Å²) < 4.78 is 0.933. The number of aliphatic hydroxyl groups is 1. The molecular formula is C9H12BrNO. The minimum atomic E-state index is -0.460. The topological polar surface area (TPSA) is 33.1 Å². The van der Waals surface area contributed by atoms with Gasteiger partial charge in [-0.2, -0.15) is 0 Å². The second kappa shape index (κ2) is 4.01. The van der Waals surface area contributed by atoms with E-state index in [0.29, 0.717) is 0 Å². The Morgan fingerprint density at radius 1 is 1.42 bits per heavy atom. The van der Waals surface area contributed by atoms with Gasteiger partial charge in [0.15, 0.2) is 0 Å².